The highest BCUT2D eigenvalue weighted by Crippen LogP contribution is 2.63. The largest absolute Gasteiger partial charge is 0.456 e. The van der Waals surface area contributed by atoms with E-state index in [0.717, 1.165) is 21.9 Å². The molecule has 0 spiro atoms. The second-order valence-corrected chi connectivity index (χ2v) is 15.4. The maximum Gasteiger partial charge on any atom is 0.136 e. The molecule has 0 bridgehead atoms. The first-order valence-electron chi connectivity index (χ1n) is 18.1. The second kappa shape index (κ2) is 10.1. The van der Waals surface area contributed by atoms with Crippen molar-refractivity contribution in [2.45, 2.75) is 32.1 Å². The van der Waals surface area contributed by atoms with E-state index in [9.17, 15) is 0 Å². The first kappa shape index (κ1) is 28.9. The van der Waals surface area contributed by atoms with Crippen molar-refractivity contribution in [2.24, 2.45) is 5.41 Å². The minimum absolute atomic E-state index is 0.00148. The minimum Gasteiger partial charge on any atom is -0.456 e. The van der Waals surface area contributed by atoms with Crippen LogP contribution in [0.1, 0.15) is 37.8 Å². The maximum absolute atomic E-state index is 6.59. The summed E-state index contributed by atoms with van der Waals surface area (Å²) in [4.78, 5) is 0. The Bertz CT molecular complexity index is 2960. The standard InChI is InChI=1S/C50H36O/c1-49(2)43-29-41(33-16-6-7-17-35(33)48(43)42-22-12-13-25-50(42,49)3)47-38-20-10-8-18-36(38)46(37-19-9-11-21-39(37)47)32-23-24-34-40-26-30-14-4-5-15-31(30)27-45(40)51-44(34)28-32/h4-29,42H,1-3H3. The highest BCUT2D eigenvalue weighted by molar-refractivity contribution is 6.24. The number of benzene rings is 8. The lowest BCUT2D eigenvalue weighted by atomic mass is 9.62. The van der Waals surface area contributed by atoms with E-state index in [0.29, 0.717) is 5.92 Å². The zero-order valence-corrected chi connectivity index (χ0v) is 29.0. The Balaban J connectivity index is 1.21. The van der Waals surface area contributed by atoms with Crippen LogP contribution in [0.3, 0.4) is 0 Å². The van der Waals surface area contributed by atoms with E-state index < -0.39 is 0 Å². The summed E-state index contributed by atoms with van der Waals surface area (Å²) in [6.07, 6.45) is 9.37. The van der Waals surface area contributed by atoms with Gasteiger partial charge in [-0.1, -0.05) is 148 Å². The van der Waals surface area contributed by atoms with E-state index in [-0.39, 0.29) is 10.8 Å². The number of rotatable bonds is 2. The van der Waals surface area contributed by atoms with Crippen molar-refractivity contribution < 1.29 is 4.42 Å². The number of fused-ring (bicyclic) bond motifs is 11. The Kier molecular flexibility index (Phi) is 5.71. The Morgan fingerprint density at radius 3 is 1.78 bits per heavy atom. The van der Waals surface area contributed by atoms with Crippen molar-refractivity contribution >= 4 is 65.0 Å². The molecule has 2 unspecified atom stereocenters. The molecular formula is C50H36O. The highest BCUT2D eigenvalue weighted by atomic mass is 16.3. The molecule has 2 atom stereocenters. The summed E-state index contributed by atoms with van der Waals surface area (Å²) in [5.41, 5.74) is 9.77. The van der Waals surface area contributed by atoms with Crippen molar-refractivity contribution in [1.29, 1.82) is 0 Å². The van der Waals surface area contributed by atoms with E-state index in [1.54, 1.807) is 0 Å². The normalized spacial score (nSPS) is 19.2. The Hall–Kier alpha value is -5.92. The smallest absolute Gasteiger partial charge is 0.136 e. The topological polar surface area (TPSA) is 13.1 Å². The first-order valence-corrected chi connectivity index (χ1v) is 18.1. The van der Waals surface area contributed by atoms with E-state index >= 15 is 0 Å². The van der Waals surface area contributed by atoms with Gasteiger partial charge in [0.05, 0.1) is 0 Å². The van der Waals surface area contributed by atoms with E-state index in [4.69, 9.17) is 4.42 Å². The van der Waals surface area contributed by atoms with Crippen molar-refractivity contribution in [1.82, 2.24) is 0 Å². The third kappa shape index (κ3) is 3.76. The highest BCUT2D eigenvalue weighted by Gasteiger charge is 2.54. The lowest BCUT2D eigenvalue weighted by Gasteiger charge is -2.41. The zero-order valence-electron chi connectivity index (χ0n) is 29.0. The van der Waals surface area contributed by atoms with Gasteiger partial charge >= 0.3 is 0 Å². The fourth-order valence-electron chi connectivity index (χ4n) is 9.82. The Labute approximate surface area is 297 Å². The van der Waals surface area contributed by atoms with Crippen LogP contribution < -0.4 is 0 Å². The average molecular weight is 653 g/mol. The zero-order chi connectivity index (χ0) is 34.1. The average Bonchev–Trinajstić information content (AvgIpc) is 3.60. The molecule has 1 nitrogen and oxygen atoms in total. The second-order valence-electron chi connectivity index (χ2n) is 15.4. The Morgan fingerprint density at radius 2 is 1.08 bits per heavy atom. The molecule has 0 amide bonds. The number of furan rings is 1. The van der Waals surface area contributed by atoms with Crippen molar-refractivity contribution in [2.75, 3.05) is 0 Å². The molecule has 0 saturated carbocycles. The predicted molar refractivity (Wildman–Crippen MR) is 217 cm³/mol. The molecule has 11 rings (SSSR count). The molecule has 1 heteroatoms. The van der Waals surface area contributed by atoms with Gasteiger partial charge in [-0.15, -0.1) is 0 Å². The van der Waals surface area contributed by atoms with Crippen molar-refractivity contribution in [3.05, 3.63) is 169 Å². The molecule has 0 aliphatic heterocycles. The summed E-state index contributed by atoms with van der Waals surface area (Å²) >= 11 is 0. The van der Waals surface area contributed by atoms with Crippen LogP contribution in [-0.2, 0) is 5.41 Å². The van der Waals surface area contributed by atoms with Crippen LogP contribution in [0.5, 0.6) is 0 Å². The molecule has 0 saturated heterocycles. The molecule has 51 heavy (non-hydrogen) atoms. The first-order chi connectivity index (χ1) is 24.9. The van der Waals surface area contributed by atoms with Crippen LogP contribution in [0.25, 0.3) is 87.3 Å². The van der Waals surface area contributed by atoms with E-state index in [1.165, 1.54) is 76.5 Å². The fraction of sp³-hybridized carbons (Fsp3) is 0.120. The summed E-state index contributed by atoms with van der Waals surface area (Å²) in [6.45, 7) is 7.35. The Morgan fingerprint density at radius 1 is 0.490 bits per heavy atom. The van der Waals surface area contributed by atoms with Crippen LogP contribution in [0.4, 0.5) is 0 Å². The number of hydrogen-bond donors (Lipinski definition) is 0. The molecule has 9 aromatic rings. The predicted octanol–water partition coefficient (Wildman–Crippen LogP) is 14.0. The van der Waals surface area contributed by atoms with Gasteiger partial charge in [-0.2, -0.15) is 0 Å². The van der Waals surface area contributed by atoms with Crippen LogP contribution >= 0.6 is 0 Å². The van der Waals surface area contributed by atoms with Gasteiger partial charge in [-0.25, -0.2) is 0 Å². The maximum atomic E-state index is 6.59. The lowest BCUT2D eigenvalue weighted by molar-refractivity contribution is 0.245. The monoisotopic (exact) mass is 652 g/mol. The molecule has 8 aromatic carbocycles. The van der Waals surface area contributed by atoms with Gasteiger partial charge in [0, 0.05) is 22.1 Å². The van der Waals surface area contributed by atoms with E-state index in [2.05, 4.69) is 179 Å². The van der Waals surface area contributed by atoms with Gasteiger partial charge in [0.2, 0.25) is 0 Å². The molecule has 0 N–H and O–H groups in total. The van der Waals surface area contributed by atoms with Crippen LogP contribution in [0.15, 0.2) is 162 Å². The van der Waals surface area contributed by atoms with Crippen LogP contribution in [-0.4, -0.2) is 0 Å². The quantitative estimate of drug-likeness (QED) is 0.169. The third-order valence-corrected chi connectivity index (χ3v) is 12.7. The molecule has 242 valence electrons. The van der Waals surface area contributed by atoms with Gasteiger partial charge in [-0.3, -0.25) is 0 Å². The summed E-state index contributed by atoms with van der Waals surface area (Å²) in [6, 6.07) is 49.4. The molecule has 0 radical (unpaired) electrons. The summed E-state index contributed by atoms with van der Waals surface area (Å²) in [5, 5.41) is 12.5. The minimum atomic E-state index is -0.0492. The van der Waals surface area contributed by atoms with Crippen LogP contribution in [0, 0.1) is 5.41 Å². The summed E-state index contributed by atoms with van der Waals surface area (Å²) in [5.74, 6) is 0.342. The molecule has 2 aliphatic rings. The van der Waals surface area contributed by atoms with Gasteiger partial charge < -0.3 is 4.42 Å². The molecular weight excluding hydrogens is 617 g/mol. The van der Waals surface area contributed by atoms with Gasteiger partial charge in [0.1, 0.15) is 11.2 Å². The van der Waals surface area contributed by atoms with Crippen molar-refractivity contribution in [3.63, 3.8) is 0 Å². The number of allylic oxidation sites excluding steroid dienone is 4. The van der Waals surface area contributed by atoms with Gasteiger partial charge in [0.25, 0.3) is 0 Å². The summed E-state index contributed by atoms with van der Waals surface area (Å²) < 4.78 is 6.59. The molecule has 1 aromatic heterocycles. The molecule has 2 aliphatic carbocycles. The fourth-order valence-corrected chi connectivity index (χ4v) is 9.82. The lowest BCUT2D eigenvalue weighted by Crippen LogP contribution is -2.36. The third-order valence-electron chi connectivity index (χ3n) is 12.7. The van der Waals surface area contributed by atoms with Crippen molar-refractivity contribution in [3.8, 4) is 22.3 Å². The molecule has 0 fully saturated rings. The number of hydrogen-bond acceptors (Lipinski definition) is 1. The van der Waals surface area contributed by atoms with Gasteiger partial charge in [-0.05, 0) is 112 Å². The SMILES string of the molecule is CC1(C)c2cc(-c3c4ccccc4c(-c4ccc5c(c4)oc4cc6ccccc6cc45)c4ccccc34)c3ccccc3c2C2C=CC=CC21C. The summed E-state index contributed by atoms with van der Waals surface area (Å²) in [7, 11) is 0. The van der Waals surface area contributed by atoms with Crippen LogP contribution in [0.2, 0.25) is 0 Å². The van der Waals surface area contributed by atoms with E-state index in [1.807, 2.05) is 0 Å². The molecule has 1 heterocycles. The van der Waals surface area contributed by atoms with Gasteiger partial charge in [0.15, 0.2) is 0 Å².